The maximum atomic E-state index is 12.7. The van der Waals surface area contributed by atoms with Crippen molar-refractivity contribution in [3.63, 3.8) is 0 Å². The van der Waals surface area contributed by atoms with Gasteiger partial charge in [0, 0.05) is 10.4 Å². The molecule has 0 atom stereocenters. The van der Waals surface area contributed by atoms with E-state index in [0.717, 1.165) is 35.0 Å². The SMILES string of the molecule is COc1ccc(-c2noc(CSc3nc4sc5c(c4c(=O)[nH]3)CCCC5)n2)cc1OC. The number of hydrogen-bond acceptors (Lipinski definition) is 9. The Kier molecular flexibility index (Phi) is 5.41. The van der Waals surface area contributed by atoms with Gasteiger partial charge in [-0.15, -0.1) is 11.3 Å². The Hall–Kier alpha value is -2.85. The molecule has 1 aliphatic carbocycles. The number of methoxy groups -OCH3 is 2. The summed E-state index contributed by atoms with van der Waals surface area (Å²) in [7, 11) is 3.16. The number of hydrogen-bond donors (Lipinski definition) is 1. The van der Waals surface area contributed by atoms with E-state index < -0.39 is 0 Å². The van der Waals surface area contributed by atoms with E-state index >= 15 is 0 Å². The first-order valence-corrected chi connectivity index (χ1v) is 11.7. The lowest BCUT2D eigenvalue weighted by molar-refractivity contribution is 0.355. The number of fused-ring (bicyclic) bond motifs is 3. The third-order valence-corrected chi connectivity index (χ3v) is 7.29. The number of aryl methyl sites for hydroxylation is 2. The van der Waals surface area contributed by atoms with Crippen LogP contribution in [0.4, 0.5) is 0 Å². The van der Waals surface area contributed by atoms with Gasteiger partial charge in [-0.2, -0.15) is 4.98 Å². The molecular weight excluding hydrogens is 436 g/mol. The second-order valence-electron chi connectivity index (χ2n) is 7.13. The molecule has 0 amide bonds. The average Bonchev–Trinajstić information content (AvgIpc) is 3.42. The van der Waals surface area contributed by atoms with E-state index in [-0.39, 0.29) is 5.56 Å². The fraction of sp³-hybridized carbons (Fsp3) is 0.333. The van der Waals surface area contributed by atoms with Crippen molar-refractivity contribution in [2.45, 2.75) is 36.6 Å². The van der Waals surface area contributed by atoms with Crippen LogP contribution < -0.4 is 15.0 Å². The third kappa shape index (κ3) is 3.81. The number of thioether (sulfide) groups is 1. The molecule has 3 heterocycles. The second kappa shape index (κ2) is 8.35. The average molecular weight is 457 g/mol. The van der Waals surface area contributed by atoms with Crippen molar-refractivity contribution in [2.24, 2.45) is 0 Å². The topological polar surface area (TPSA) is 103 Å². The van der Waals surface area contributed by atoms with Gasteiger partial charge < -0.3 is 19.0 Å². The Balaban J connectivity index is 1.35. The molecule has 0 saturated heterocycles. The number of benzene rings is 1. The molecule has 160 valence electrons. The maximum Gasteiger partial charge on any atom is 0.260 e. The summed E-state index contributed by atoms with van der Waals surface area (Å²) in [5.41, 5.74) is 1.88. The summed E-state index contributed by atoms with van der Waals surface area (Å²) in [6.07, 6.45) is 4.32. The number of nitrogens with zero attached hydrogens (tertiary/aromatic N) is 3. The highest BCUT2D eigenvalue weighted by Gasteiger charge is 2.20. The number of thiophene rings is 1. The number of nitrogens with one attached hydrogen (secondary N) is 1. The molecule has 4 aromatic rings. The molecule has 1 N–H and O–H groups in total. The van der Waals surface area contributed by atoms with E-state index in [9.17, 15) is 4.79 Å². The van der Waals surface area contributed by atoms with Gasteiger partial charge in [0.15, 0.2) is 16.7 Å². The molecule has 3 aromatic heterocycles. The van der Waals surface area contributed by atoms with Gasteiger partial charge >= 0.3 is 0 Å². The molecule has 1 aromatic carbocycles. The lowest BCUT2D eigenvalue weighted by Gasteiger charge is -2.09. The normalized spacial score (nSPS) is 13.4. The second-order valence-corrected chi connectivity index (χ2v) is 9.18. The van der Waals surface area contributed by atoms with Crippen molar-refractivity contribution in [1.82, 2.24) is 20.1 Å². The predicted molar refractivity (Wildman–Crippen MR) is 119 cm³/mol. The predicted octanol–water partition coefficient (Wildman–Crippen LogP) is 4.22. The van der Waals surface area contributed by atoms with Gasteiger partial charge in [0.05, 0.1) is 25.4 Å². The number of rotatable bonds is 6. The molecule has 0 fully saturated rings. The molecule has 0 aliphatic heterocycles. The Morgan fingerprint density at radius 2 is 2.00 bits per heavy atom. The Bertz CT molecular complexity index is 1310. The number of H-pyrrole nitrogens is 1. The minimum absolute atomic E-state index is 0.0663. The van der Waals surface area contributed by atoms with Crippen LogP contribution in [-0.4, -0.2) is 34.3 Å². The summed E-state index contributed by atoms with van der Waals surface area (Å²) in [5.74, 6) is 2.53. The fourth-order valence-electron chi connectivity index (χ4n) is 3.75. The van der Waals surface area contributed by atoms with Crippen LogP contribution in [0.5, 0.6) is 11.5 Å². The maximum absolute atomic E-state index is 12.7. The van der Waals surface area contributed by atoms with Crippen molar-refractivity contribution >= 4 is 33.3 Å². The van der Waals surface area contributed by atoms with Crippen LogP contribution in [-0.2, 0) is 18.6 Å². The van der Waals surface area contributed by atoms with Crippen LogP contribution in [0.1, 0.15) is 29.2 Å². The summed E-state index contributed by atoms with van der Waals surface area (Å²) >= 11 is 3.01. The molecule has 10 heteroatoms. The molecule has 0 radical (unpaired) electrons. The van der Waals surface area contributed by atoms with Crippen molar-refractivity contribution in [2.75, 3.05) is 14.2 Å². The monoisotopic (exact) mass is 456 g/mol. The molecule has 8 nitrogen and oxygen atoms in total. The fourth-order valence-corrected chi connectivity index (χ4v) is 5.77. The van der Waals surface area contributed by atoms with Gasteiger partial charge in [-0.1, -0.05) is 16.9 Å². The molecule has 5 rings (SSSR count). The van der Waals surface area contributed by atoms with Gasteiger partial charge in [0.2, 0.25) is 11.7 Å². The van der Waals surface area contributed by atoms with E-state index in [1.807, 2.05) is 6.07 Å². The summed E-state index contributed by atoms with van der Waals surface area (Å²) in [6.45, 7) is 0. The number of aromatic nitrogens is 4. The van der Waals surface area contributed by atoms with Crippen LogP contribution in [0.15, 0.2) is 32.7 Å². The van der Waals surface area contributed by atoms with Crippen LogP contribution in [0.25, 0.3) is 21.6 Å². The van der Waals surface area contributed by atoms with Crippen molar-refractivity contribution < 1.29 is 14.0 Å². The Morgan fingerprint density at radius 3 is 2.84 bits per heavy atom. The van der Waals surface area contributed by atoms with Crippen LogP contribution in [0, 0.1) is 0 Å². The lowest BCUT2D eigenvalue weighted by atomic mass is 9.97. The van der Waals surface area contributed by atoms with Crippen LogP contribution in [0.2, 0.25) is 0 Å². The molecule has 1 aliphatic rings. The molecular formula is C21H20N4O4S2. The van der Waals surface area contributed by atoms with E-state index in [1.165, 1.54) is 28.6 Å². The molecule has 0 saturated carbocycles. The van der Waals surface area contributed by atoms with Gasteiger partial charge in [0.25, 0.3) is 5.56 Å². The minimum Gasteiger partial charge on any atom is -0.493 e. The minimum atomic E-state index is -0.0663. The molecule has 31 heavy (non-hydrogen) atoms. The van der Waals surface area contributed by atoms with Gasteiger partial charge in [-0.05, 0) is 49.4 Å². The zero-order valence-corrected chi connectivity index (χ0v) is 18.7. The smallest absolute Gasteiger partial charge is 0.260 e. The first kappa shape index (κ1) is 20.1. The van der Waals surface area contributed by atoms with Crippen molar-refractivity contribution in [3.8, 4) is 22.9 Å². The summed E-state index contributed by atoms with van der Waals surface area (Å²) in [6, 6.07) is 5.43. The third-order valence-electron chi connectivity index (χ3n) is 5.25. The summed E-state index contributed by atoms with van der Waals surface area (Å²) in [4.78, 5) is 26.8. The lowest BCUT2D eigenvalue weighted by Crippen LogP contribution is -2.10. The summed E-state index contributed by atoms with van der Waals surface area (Å²) in [5, 5.41) is 5.37. The van der Waals surface area contributed by atoms with E-state index in [4.69, 9.17) is 14.0 Å². The van der Waals surface area contributed by atoms with E-state index in [0.29, 0.717) is 34.1 Å². The van der Waals surface area contributed by atoms with Crippen LogP contribution in [0.3, 0.4) is 0 Å². The highest BCUT2D eigenvalue weighted by molar-refractivity contribution is 7.98. The summed E-state index contributed by atoms with van der Waals surface area (Å²) < 4.78 is 16.0. The number of ether oxygens (including phenoxy) is 2. The van der Waals surface area contributed by atoms with E-state index in [1.54, 1.807) is 37.7 Å². The van der Waals surface area contributed by atoms with Gasteiger partial charge in [0.1, 0.15) is 4.83 Å². The zero-order valence-electron chi connectivity index (χ0n) is 17.1. The van der Waals surface area contributed by atoms with Gasteiger partial charge in [-0.25, -0.2) is 4.98 Å². The van der Waals surface area contributed by atoms with Crippen molar-refractivity contribution in [1.29, 1.82) is 0 Å². The highest BCUT2D eigenvalue weighted by atomic mass is 32.2. The largest absolute Gasteiger partial charge is 0.493 e. The number of aromatic amines is 1. The first-order chi connectivity index (χ1) is 15.2. The highest BCUT2D eigenvalue weighted by Crippen LogP contribution is 2.35. The van der Waals surface area contributed by atoms with Gasteiger partial charge in [-0.3, -0.25) is 4.79 Å². The molecule has 0 spiro atoms. The molecule has 0 bridgehead atoms. The zero-order chi connectivity index (χ0) is 21.4. The van der Waals surface area contributed by atoms with E-state index in [2.05, 4.69) is 20.1 Å². The van der Waals surface area contributed by atoms with Crippen molar-refractivity contribution in [3.05, 3.63) is 44.9 Å². The Labute approximate surface area is 186 Å². The molecule has 0 unspecified atom stereocenters. The quantitative estimate of drug-likeness (QED) is 0.340. The first-order valence-electron chi connectivity index (χ1n) is 9.88. The standard InChI is InChI=1S/C21H20N4O4S2/c1-27-13-8-7-11(9-14(13)28-2)18-22-16(29-25-18)10-30-21-23-19(26)17-12-5-3-4-6-15(12)31-20(17)24-21/h7-9H,3-6,10H2,1-2H3,(H,23,24,26). The van der Waals surface area contributed by atoms with Crippen LogP contribution >= 0.6 is 23.1 Å². The Morgan fingerprint density at radius 1 is 1.16 bits per heavy atom.